The minimum atomic E-state index is 0.115. The van der Waals surface area contributed by atoms with Crippen molar-refractivity contribution in [3.63, 3.8) is 0 Å². The molecule has 0 aliphatic heterocycles. The Bertz CT molecular complexity index is 3640. The van der Waals surface area contributed by atoms with Crippen LogP contribution < -0.4 is 0 Å². The van der Waals surface area contributed by atoms with Crippen LogP contribution in [0.4, 0.5) is 0 Å². The number of hydrogen-bond donors (Lipinski definition) is 0. The van der Waals surface area contributed by atoms with Gasteiger partial charge in [0, 0.05) is 54.8 Å². The van der Waals surface area contributed by atoms with E-state index in [1.165, 1.54) is 54.8 Å². The van der Waals surface area contributed by atoms with Crippen molar-refractivity contribution in [3.05, 3.63) is 206 Å². The minimum Gasteiger partial charge on any atom is -0.309 e. The molecule has 0 amide bonds. The number of nitrogens with zero attached hydrogens (tertiary/aromatic N) is 4. The first kappa shape index (κ1) is 36.1. The number of benzene rings is 9. The SMILES string of the molecule is CC(C)(C)c1ccc(-c2ccc(-c3nc(-c4ccc(-n5c6ccccc6c6cc(-n7c8ccccc8c8ccccc87)ccc65)cc4)nc4c3ccc3ccccc34)cc2)cc1. The summed E-state index contributed by atoms with van der Waals surface area (Å²) in [7, 11) is 0. The molecule has 3 aromatic heterocycles. The second kappa shape index (κ2) is 13.9. The first-order valence-electron chi connectivity index (χ1n) is 21.4. The quantitative estimate of drug-likeness (QED) is 0.163. The van der Waals surface area contributed by atoms with Crippen LogP contribution in [-0.4, -0.2) is 19.1 Å². The summed E-state index contributed by atoms with van der Waals surface area (Å²) in [6, 6.07) is 72.4. The summed E-state index contributed by atoms with van der Waals surface area (Å²) < 4.78 is 4.77. The molecular formula is C58H42N4. The molecule has 0 spiro atoms. The van der Waals surface area contributed by atoms with Crippen LogP contribution >= 0.6 is 0 Å². The normalized spacial score (nSPS) is 12.1. The van der Waals surface area contributed by atoms with Gasteiger partial charge < -0.3 is 9.13 Å². The van der Waals surface area contributed by atoms with E-state index >= 15 is 0 Å². The van der Waals surface area contributed by atoms with Crippen molar-refractivity contribution in [2.75, 3.05) is 0 Å². The Morgan fingerprint density at radius 2 is 0.839 bits per heavy atom. The van der Waals surface area contributed by atoms with Crippen LogP contribution in [0, 0.1) is 0 Å². The first-order valence-corrected chi connectivity index (χ1v) is 21.4. The molecule has 0 atom stereocenters. The highest BCUT2D eigenvalue weighted by atomic mass is 15.0. The molecule has 4 nitrogen and oxygen atoms in total. The number of aromatic nitrogens is 4. The highest BCUT2D eigenvalue weighted by molar-refractivity contribution is 6.13. The van der Waals surface area contributed by atoms with E-state index in [1.807, 2.05) is 0 Å². The van der Waals surface area contributed by atoms with Crippen LogP contribution in [0.1, 0.15) is 26.3 Å². The van der Waals surface area contributed by atoms with Gasteiger partial charge in [0.2, 0.25) is 0 Å². The summed E-state index contributed by atoms with van der Waals surface area (Å²) in [6.45, 7) is 6.76. The van der Waals surface area contributed by atoms with Crippen molar-refractivity contribution in [2.45, 2.75) is 26.2 Å². The number of fused-ring (bicyclic) bond motifs is 9. The number of rotatable bonds is 5. The second-order valence-electron chi connectivity index (χ2n) is 17.5. The van der Waals surface area contributed by atoms with Gasteiger partial charge in [-0.25, -0.2) is 9.97 Å². The molecule has 0 unspecified atom stereocenters. The zero-order chi connectivity index (χ0) is 41.5. The third-order valence-electron chi connectivity index (χ3n) is 12.7. The van der Waals surface area contributed by atoms with Gasteiger partial charge in [0.1, 0.15) is 0 Å². The van der Waals surface area contributed by atoms with Crippen LogP contribution in [0.25, 0.3) is 110 Å². The molecule has 0 aliphatic rings. The van der Waals surface area contributed by atoms with Crippen molar-refractivity contribution in [1.29, 1.82) is 0 Å². The summed E-state index contributed by atoms with van der Waals surface area (Å²) in [5, 5.41) is 8.27. The molecule has 0 fully saturated rings. The molecule has 0 aliphatic carbocycles. The summed E-state index contributed by atoms with van der Waals surface area (Å²) in [6.07, 6.45) is 0. The van der Waals surface area contributed by atoms with E-state index in [0.29, 0.717) is 5.82 Å². The first-order chi connectivity index (χ1) is 30.4. The van der Waals surface area contributed by atoms with Gasteiger partial charge in [0.15, 0.2) is 5.82 Å². The third kappa shape index (κ3) is 5.75. The standard InChI is InChI=1S/C58H42N4/c1-58(2,3)42-29-24-38(25-30-42)37-20-22-40(23-21-37)55-49-34-28-39-12-4-5-13-45(39)56(49)60-57(59-55)41-26-31-43(32-27-41)61-53-19-11-8-16-48(53)50-36-44(33-35-54(50)61)62-51-17-9-6-14-46(51)47-15-7-10-18-52(47)62/h4-36H,1-3H3. The average Bonchev–Trinajstić information content (AvgIpc) is 3.83. The van der Waals surface area contributed by atoms with Crippen molar-refractivity contribution in [1.82, 2.24) is 19.1 Å². The minimum absolute atomic E-state index is 0.115. The third-order valence-corrected chi connectivity index (χ3v) is 12.7. The van der Waals surface area contributed by atoms with Crippen molar-refractivity contribution in [2.24, 2.45) is 0 Å². The lowest BCUT2D eigenvalue weighted by Crippen LogP contribution is -2.10. The fourth-order valence-electron chi connectivity index (χ4n) is 9.53. The Hall–Kier alpha value is -7.82. The van der Waals surface area contributed by atoms with E-state index < -0.39 is 0 Å². The maximum Gasteiger partial charge on any atom is 0.160 e. The van der Waals surface area contributed by atoms with Gasteiger partial charge in [-0.15, -0.1) is 0 Å². The predicted octanol–water partition coefficient (Wildman–Crippen LogP) is 15.3. The van der Waals surface area contributed by atoms with E-state index in [1.54, 1.807) is 0 Å². The van der Waals surface area contributed by atoms with Gasteiger partial charge in [-0.3, -0.25) is 0 Å². The fraction of sp³-hybridized carbons (Fsp3) is 0.0690. The van der Waals surface area contributed by atoms with Crippen LogP contribution in [0.3, 0.4) is 0 Å². The Morgan fingerprint density at radius 3 is 1.47 bits per heavy atom. The molecule has 3 heterocycles. The van der Waals surface area contributed by atoms with Crippen LogP contribution in [0.15, 0.2) is 200 Å². The fourth-order valence-corrected chi connectivity index (χ4v) is 9.53. The second-order valence-corrected chi connectivity index (χ2v) is 17.5. The molecule has 12 aromatic rings. The molecule has 294 valence electrons. The van der Waals surface area contributed by atoms with E-state index in [9.17, 15) is 0 Å². The van der Waals surface area contributed by atoms with Crippen LogP contribution in [-0.2, 0) is 5.41 Å². The summed E-state index contributed by atoms with van der Waals surface area (Å²) in [4.78, 5) is 10.6. The molecule has 0 N–H and O–H groups in total. The average molecular weight is 795 g/mol. The molecule has 12 rings (SSSR count). The predicted molar refractivity (Wildman–Crippen MR) is 261 cm³/mol. The lowest BCUT2D eigenvalue weighted by Gasteiger charge is -2.19. The maximum absolute atomic E-state index is 5.34. The molecule has 62 heavy (non-hydrogen) atoms. The lowest BCUT2D eigenvalue weighted by molar-refractivity contribution is 0.590. The number of hydrogen-bond acceptors (Lipinski definition) is 2. The van der Waals surface area contributed by atoms with E-state index in [4.69, 9.17) is 9.97 Å². The monoisotopic (exact) mass is 794 g/mol. The summed E-state index contributed by atoms with van der Waals surface area (Å²) in [5.74, 6) is 0.704. The van der Waals surface area contributed by atoms with Gasteiger partial charge in [0.25, 0.3) is 0 Å². The van der Waals surface area contributed by atoms with Gasteiger partial charge in [-0.05, 0) is 94.2 Å². The van der Waals surface area contributed by atoms with E-state index in [-0.39, 0.29) is 5.41 Å². The topological polar surface area (TPSA) is 35.6 Å². The molecule has 4 heteroatoms. The van der Waals surface area contributed by atoms with Gasteiger partial charge >= 0.3 is 0 Å². The summed E-state index contributed by atoms with van der Waals surface area (Å²) >= 11 is 0. The molecule has 0 radical (unpaired) electrons. The Labute approximate surface area is 360 Å². The molecule has 0 saturated carbocycles. The molecule has 9 aromatic carbocycles. The largest absolute Gasteiger partial charge is 0.309 e. The zero-order valence-corrected chi connectivity index (χ0v) is 34.8. The van der Waals surface area contributed by atoms with Crippen molar-refractivity contribution >= 4 is 65.3 Å². The van der Waals surface area contributed by atoms with Crippen molar-refractivity contribution in [3.8, 4) is 45.1 Å². The summed E-state index contributed by atoms with van der Waals surface area (Å²) in [5.41, 5.74) is 14.7. The molecular weight excluding hydrogens is 753 g/mol. The van der Waals surface area contributed by atoms with Gasteiger partial charge in [0.05, 0.1) is 33.3 Å². The van der Waals surface area contributed by atoms with Gasteiger partial charge in [-0.1, -0.05) is 154 Å². The van der Waals surface area contributed by atoms with Crippen LogP contribution in [0.5, 0.6) is 0 Å². The number of para-hydroxylation sites is 3. The molecule has 0 bridgehead atoms. The highest BCUT2D eigenvalue weighted by Gasteiger charge is 2.19. The molecule has 0 saturated heterocycles. The Kier molecular flexibility index (Phi) is 8.07. The zero-order valence-electron chi connectivity index (χ0n) is 34.8. The smallest absolute Gasteiger partial charge is 0.160 e. The van der Waals surface area contributed by atoms with Crippen LogP contribution in [0.2, 0.25) is 0 Å². The van der Waals surface area contributed by atoms with E-state index in [2.05, 4.69) is 230 Å². The maximum atomic E-state index is 5.34. The van der Waals surface area contributed by atoms with E-state index in [0.717, 1.165) is 55.4 Å². The van der Waals surface area contributed by atoms with Crippen molar-refractivity contribution < 1.29 is 0 Å². The Balaban J connectivity index is 0.962. The lowest BCUT2D eigenvalue weighted by atomic mass is 9.86. The Morgan fingerprint density at radius 1 is 0.355 bits per heavy atom. The van der Waals surface area contributed by atoms with Gasteiger partial charge in [-0.2, -0.15) is 0 Å². The highest BCUT2D eigenvalue weighted by Crippen LogP contribution is 2.39.